The summed E-state index contributed by atoms with van der Waals surface area (Å²) in [5.74, 6) is 1.15. The number of nitrogens with zero attached hydrogens (tertiary/aromatic N) is 2. The summed E-state index contributed by atoms with van der Waals surface area (Å²) in [5, 5.41) is 2.09. The fraction of sp³-hybridized carbons (Fsp3) is 1.00. The van der Waals surface area contributed by atoms with E-state index in [9.17, 15) is 0 Å². The molecule has 0 aromatic rings. The standard InChI is InChI=1S/C10H20N2OS.C2H6/c1-10(3-4-10)9-14-13-12-7-5-11(2)6-8-12;1-2/h3-9H2,1-2H3;1-2H3. The van der Waals surface area contributed by atoms with Gasteiger partial charge in [-0.15, -0.1) is 0 Å². The molecule has 2 rings (SSSR count). The third-order valence-electron chi connectivity index (χ3n) is 3.13. The van der Waals surface area contributed by atoms with Gasteiger partial charge in [0.05, 0.1) is 0 Å². The van der Waals surface area contributed by atoms with Gasteiger partial charge in [-0.05, 0) is 25.3 Å². The fourth-order valence-electron chi connectivity index (χ4n) is 1.46. The molecule has 1 aliphatic carbocycles. The van der Waals surface area contributed by atoms with Crippen LogP contribution in [0.15, 0.2) is 0 Å². The highest BCUT2D eigenvalue weighted by Crippen LogP contribution is 2.47. The Morgan fingerprint density at radius 2 is 1.69 bits per heavy atom. The van der Waals surface area contributed by atoms with Gasteiger partial charge in [-0.3, -0.25) is 0 Å². The SMILES string of the molecule is CC.CN1CCN(OSCC2(C)CC2)CC1. The Morgan fingerprint density at radius 1 is 1.12 bits per heavy atom. The minimum Gasteiger partial charge on any atom is -0.304 e. The van der Waals surface area contributed by atoms with Crippen LogP contribution in [0.3, 0.4) is 0 Å². The van der Waals surface area contributed by atoms with Crippen LogP contribution in [0.1, 0.15) is 33.6 Å². The van der Waals surface area contributed by atoms with Crippen LogP contribution in [0.2, 0.25) is 0 Å². The van der Waals surface area contributed by atoms with Crippen molar-refractivity contribution >= 4 is 12.0 Å². The van der Waals surface area contributed by atoms with Gasteiger partial charge >= 0.3 is 0 Å². The van der Waals surface area contributed by atoms with E-state index in [-0.39, 0.29) is 0 Å². The molecule has 0 aromatic carbocycles. The Morgan fingerprint density at radius 3 is 2.19 bits per heavy atom. The zero-order valence-corrected chi connectivity index (χ0v) is 12.0. The van der Waals surface area contributed by atoms with Gasteiger partial charge in [0.25, 0.3) is 0 Å². The quantitative estimate of drug-likeness (QED) is 0.708. The molecule has 4 heteroatoms. The molecule has 0 atom stereocenters. The van der Waals surface area contributed by atoms with Crippen molar-refractivity contribution in [1.82, 2.24) is 9.96 Å². The molecule has 2 fully saturated rings. The van der Waals surface area contributed by atoms with Crippen LogP contribution < -0.4 is 0 Å². The smallest absolute Gasteiger partial charge is 0.0380 e. The van der Waals surface area contributed by atoms with E-state index in [4.69, 9.17) is 4.28 Å². The number of hydrogen-bond acceptors (Lipinski definition) is 4. The number of piperazine rings is 1. The van der Waals surface area contributed by atoms with Crippen molar-refractivity contribution in [1.29, 1.82) is 0 Å². The van der Waals surface area contributed by atoms with Crippen molar-refractivity contribution in [3.8, 4) is 0 Å². The maximum atomic E-state index is 5.67. The zero-order valence-electron chi connectivity index (χ0n) is 11.2. The second kappa shape index (κ2) is 6.84. The summed E-state index contributed by atoms with van der Waals surface area (Å²) in [7, 11) is 2.16. The first-order chi connectivity index (χ1) is 7.68. The van der Waals surface area contributed by atoms with E-state index in [0.717, 1.165) is 31.9 Å². The topological polar surface area (TPSA) is 15.7 Å². The maximum Gasteiger partial charge on any atom is 0.0380 e. The van der Waals surface area contributed by atoms with Gasteiger partial charge in [-0.25, -0.2) is 4.28 Å². The summed E-state index contributed by atoms with van der Waals surface area (Å²) >= 11 is 1.64. The number of hydrogen-bond donors (Lipinski definition) is 0. The van der Waals surface area contributed by atoms with Crippen molar-refractivity contribution in [3.05, 3.63) is 0 Å². The van der Waals surface area contributed by atoms with Crippen LogP contribution in [0.5, 0.6) is 0 Å². The first kappa shape index (κ1) is 14.3. The molecule has 1 heterocycles. The average molecular weight is 246 g/mol. The Bertz CT molecular complexity index is 189. The van der Waals surface area contributed by atoms with E-state index in [2.05, 4.69) is 23.9 Å². The van der Waals surface area contributed by atoms with Crippen molar-refractivity contribution < 1.29 is 4.28 Å². The third-order valence-corrected chi connectivity index (χ3v) is 4.26. The van der Waals surface area contributed by atoms with Crippen molar-refractivity contribution in [2.75, 3.05) is 39.0 Å². The van der Waals surface area contributed by atoms with Crippen LogP contribution in [0.4, 0.5) is 0 Å². The van der Waals surface area contributed by atoms with Crippen molar-refractivity contribution in [2.24, 2.45) is 5.41 Å². The number of rotatable bonds is 4. The Labute approximate surface area is 105 Å². The van der Waals surface area contributed by atoms with Crippen molar-refractivity contribution in [3.63, 3.8) is 0 Å². The normalized spacial score (nSPS) is 24.8. The highest BCUT2D eigenvalue weighted by Gasteiger charge is 2.37. The Hall–Kier alpha value is 0.230. The van der Waals surface area contributed by atoms with Gasteiger partial charge in [0.1, 0.15) is 0 Å². The lowest BCUT2D eigenvalue weighted by atomic mass is 10.2. The summed E-state index contributed by atoms with van der Waals surface area (Å²) in [6.45, 7) is 10.7. The van der Waals surface area contributed by atoms with Crippen LogP contribution in [-0.2, 0) is 4.28 Å². The highest BCUT2D eigenvalue weighted by molar-refractivity contribution is 7.94. The molecule has 0 bridgehead atoms. The maximum absolute atomic E-state index is 5.67. The van der Waals surface area contributed by atoms with Crippen molar-refractivity contribution in [2.45, 2.75) is 33.6 Å². The van der Waals surface area contributed by atoms with E-state index in [1.807, 2.05) is 13.8 Å². The summed E-state index contributed by atoms with van der Waals surface area (Å²) < 4.78 is 5.67. The highest BCUT2D eigenvalue weighted by atomic mass is 32.2. The average Bonchev–Trinajstić information content (AvgIpc) is 3.03. The lowest BCUT2D eigenvalue weighted by Crippen LogP contribution is -2.43. The van der Waals surface area contributed by atoms with Gasteiger partial charge < -0.3 is 4.90 Å². The molecular weight excluding hydrogens is 220 g/mol. The summed E-state index contributed by atoms with van der Waals surface area (Å²) in [6, 6.07) is 0. The van der Waals surface area contributed by atoms with Crippen LogP contribution >= 0.6 is 12.0 Å². The molecule has 16 heavy (non-hydrogen) atoms. The molecule has 1 aliphatic heterocycles. The molecule has 3 nitrogen and oxygen atoms in total. The van der Waals surface area contributed by atoms with Gasteiger partial charge in [0.2, 0.25) is 0 Å². The second-order valence-electron chi connectivity index (χ2n) is 4.88. The van der Waals surface area contributed by atoms with E-state index in [1.54, 1.807) is 12.0 Å². The fourth-order valence-corrected chi connectivity index (χ4v) is 2.39. The van der Waals surface area contributed by atoms with Gasteiger partial charge in [-0.1, -0.05) is 20.8 Å². The molecule has 1 saturated heterocycles. The minimum atomic E-state index is 0.594. The lowest BCUT2D eigenvalue weighted by Gasteiger charge is -2.30. The molecule has 0 spiro atoms. The molecule has 2 aliphatic rings. The predicted molar refractivity (Wildman–Crippen MR) is 71.3 cm³/mol. The summed E-state index contributed by atoms with van der Waals surface area (Å²) in [6.07, 6.45) is 2.76. The number of likely N-dealkylation sites (N-methyl/N-ethyl adjacent to an activating group) is 1. The second-order valence-corrected chi connectivity index (χ2v) is 5.55. The molecule has 0 N–H and O–H groups in total. The largest absolute Gasteiger partial charge is 0.304 e. The summed E-state index contributed by atoms with van der Waals surface area (Å²) in [4.78, 5) is 2.34. The Balaban J connectivity index is 0.000000606. The van der Waals surface area contributed by atoms with E-state index in [0.29, 0.717) is 5.41 Å². The monoisotopic (exact) mass is 246 g/mol. The van der Waals surface area contributed by atoms with Gasteiger partial charge in [0.15, 0.2) is 0 Å². The minimum absolute atomic E-state index is 0.594. The van der Waals surface area contributed by atoms with Crippen LogP contribution in [0, 0.1) is 5.41 Å². The van der Waals surface area contributed by atoms with E-state index < -0.39 is 0 Å². The van der Waals surface area contributed by atoms with E-state index in [1.165, 1.54) is 12.8 Å². The molecule has 0 unspecified atom stereocenters. The van der Waals surface area contributed by atoms with Gasteiger partial charge in [-0.2, -0.15) is 5.06 Å². The predicted octanol–water partition coefficient (Wildman–Crippen LogP) is 2.64. The van der Waals surface area contributed by atoms with E-state index >= 15 is 0 Å². The molecular formula is C12H26N2OS. The first-order valence-corrected chi connectivity index (χ1v) is 7.32. The molecule has 96 valence electrons. The molecule has 0 amide bonds. The van der Waals surface area contributed by atoms with Crippen LogP contribution in [-0.4, -0.2) is 48.9 Å². The summed E-state index contributed by atoms with van der Waals surface area (Å²) in [5.41, 5.74) is 0.594. The number of hydroxylamine groups is 2. The molecule has 0 radical (unpaired) electrons. The first-order valence-electron chi connectivity index (χ1n) is 6.41. The lowest BCUT2D eigenvalue weighted by molar-refractivity contribution is -0.0675. The third kappa shape index (κ3) is 5.04. The van der Waals surface area contributed by atoms with Crippen LogP contribution in [0.25, 0.3) is 0 Å². The molecule has 1 saturated carbocycles. The Kier molecular flexibility index (Phi) is 6.11. The zero-order chi connectivity index (χ0) is 12.0. The molecule has 0 aromatic heterocycles. The van der Waals surface area contributed by atoms with Gasteiger partial charge in [0, 0.05) is 44.0 Å².